The lowest BCUT2D eigenvalue weighted by Gasteiger charge is -2.26. The van der Waals surface area contributed by atoms with Gasteiger partial charge in [-0.05, 0) is 31.7 Å². The first-order valence-corrected chi connectivity index (χ1v) is 7.81. The van der Waals surface area contributed by atoms with E-state index in [1.54, 1.807) is 0 Å². The first-order chi connectivity index (χ1) is 9.70. The molecule has 1 saturated carbocycles. The van der Waals surface area contributed by atoms with E-state index in [2.05, 4.69) is 25.2 Å². The Morgan fingerprint density at radius 1 is 1.25 bits per heavy atom. The molecule has 0 atom stereocenters. The van der Waals surface area contributed by atoms with Gasteiger partial charge < -0.3 is 14.8 Å². The Hall–Kier alpha value is -1.22. The van der Waals surface area contributed by atoms with Crippen LogP contribution in [0.3, 0.4) is 0 Å². The maximum atomic E-state index is 6.09. The molecule has 20 heavy (non-hydrogen) atoms. The Balaban J connectivity index is 2.08. The van der Waals surface area contributed by atoms with Crippen LogP contribution in [0.15, 0.2) is 18.2 Å². The fourth-order valence-corrected chi connectivity index (χ4v) is 2.31. The second-order valence-corrected chi connectivity index (χ2v) is 5.82. The van der Waals surface area contributed by atoms with Gasteiger partial charge in [-0.25, -0.2) is 0 Å². The predicted octanol–water partition coefficient (Wildman–Crippen LogP) is 3.76. The van der Waals surface area contributed by atoms with Gasteiger partial charge in [0.05, 0.1) is 13.2 Å². The van der Waals surface area contributed by atoms with Gasteiger partial charge in [-0.1, -0.05) is 32.4 Å². The van der Waals surface area contributed by atoms with E-state index >= 15 is 0 Å². The van der Waals surface area contributed by atoms with Crippen molar-refractivity contribution in [1.82, 2.24) is 5.32 Å². The molecule has 2 rings (SSSR count). The normalized spacial score (nSPS) is 15.2. The topological polar surface area (TPSA) is 30.5 Å². The fourth-order valence-electron chi connectivity index (χ4n) is 2.31. The average Bonchev–Trinajstić information content (AvgIpc) is 2.36. The van der Waals surface area contributed by atoms with Crippen molar-refractivity contribution in [1.29, 1.82) is 0 Å². The van der Waals surface area contributed by atoms with Crippen LogP contribution in [-0.2, 0) is 6.54 Å². The second kappa shape index (κ2) is 7.53. The summed E-state index contributed by atoms with van der Waals surface area (Å²) in [7, 11) is 0. The lowest BCUT2D eigenvalue weighted by atomic mass is 9.86. The first kappa shape index (κ1) is 15.2. The number of nitrogens with one attached hydrogen (secondary N) is 1. The van der Waals surface area contributed by atoms with Crippen LogP contribution in [0.25, 0.3) is 0 Å². The third kappa shape index (κ3) is 4.14. The Labute approximate surface area is 122 Å². The smallest absolute Gasteiger partial charge is 0.165 e. The van der Waals surface area contributed by atoms with Gasteiger partial charge in [0.15, 0.2) is 11.5 Å². The van der Waals surface area contributed by atoms with Crippen LogP contribution >= 0.6 is 0 Å². The van der Waals surface area contributed by atoms with Gasteiger partial charge in [-0.3, -0.25) is 0 Å². The van der Waals surface area contributed by atoms with Gasteiger partial charge in [0.1, 0.15) is 0 Å². The average molecular weight is 277 g/mol. The standard InChI is InChI=1S/C17H27NO2/c1-4-19-16-10-6-9-15(11-18-13(2)3)17(16)20-12-14-7-5-8-14/h6,9-10,13-14,18H,4-5,7-8,11-12H2,1-3H3. The molecule has 3 nitrogen and oxygen atoms in total. The van der Waals surface area contributed by atoms with Gasteiger partial charge in [-0.15, -0.1) is 0 Å². The summed E-state index contributed by atoms with van der Waals surface area (Å²) in [6, 6.07) is 6.62. The zero-order valence-corrected chi connectivity index (χ0v) is 12.9. The maximum Gasteiger partial charge on any atom is 0.165 e. The molecular weight excluding hydrogens is 250 g/mol. The molecule has 0 spiro atoms. The highest BCUT2D eigenvalue weighted by molar-refractivity contribution is 5.46. The van der Waals surface area contributed by atoms with Crippen molar-refractivity contribution in [2.75, 3.05) is 13.2 Å². The highest BCUT2D eigenvalue weighted by atomic mass is 16.5. The van der Waals surface area contributed by atoms with Crippen LogP contribution in [-0.4, -0.2) is 19.3 Å². The first-order valence-electron chi connectivity index (χ1n) is 7.81. The van der Waals surface area contributed by atoms with E-state index in [9.17, 15) is 0 Å². The van der Waals surface area contributed by atoms with Gasteiger partial charge in [-0.2, -0.15) is 0 Å². The molecule has 0 heterocycles. The highest BCUT2D eigenvalue weighted by Crippen LogP contribution is 2.34. The maximum absolute atomic E-state index is 6.09. The van der Waals surface area contributed by atoms with E-state index in [0.717, 1.165) is 30.6 Å². The van der Waals surface area contributed by atoms with Gasteiger partial charge in [0, 0.05) is 18.2 Å². The molecule has 112 valence electrons. The molecule has 0 unspecified atom stereocenters. The molecule has 1 aromatic rings. The summed E-state index contributed by atoms with van der Waals surface area (Å²) < 4.78 is 11.8. The van der Waals surface area contributed by atoms with Crippen LogP contribution < -0.4 is 14.8 Å². The number of hydrogen-bond donors (Lipinski definition) is 1. The Morgan fingerprint density at radius 2 is 2.05 bits per heavy atom. The van der Waals surface area contributed by atoms with Crippen LogP contribution in [0.4, 0.5) is 0 Å². The van der Waals surface area contributed by atoms with E-state index in [1.807, 2.05) is 19.1 Å². The predicted molar refractivity (Wildman–Crippen MR) is 82.4 cm³/mol. The summed E-state index contributed by atoms with van der Waals surface area (Å²) >= 11 is 0. The number of para-hydroxylation sites is 1. The van der Waals surface area contributed by atoms with Crippen molar-refractivity contribution in [3.8, 4) is 11.5 Å². The fraction of sp³-hybridized carbons (Fsp3) is 0.647. The van der Waals surface area contributed by atoms with E-state index in [4.69, 9.17) is 9.47 Å². The third-order valence-electron chi connectivity index (χ3n) is 3.75. The molecule has 1 aliphatic carbocycles. The molecule has 0 saturated heterocycles. The van der Waals surface area contributed by atoms with Crippen LogP contribution in [0.2, 0.25) is 0 Å². The van der Waals surface area contributed by atoms with Crippen molar-refractivity contribution in [2.24, 2.45) is 5.92 Å². The van der Waals surface area contributed by atoms with Crippen molar-refractivity contribution in [2.45, 2.75) is 52.6 Å². The molecule has 0 bridgehead atoms. The minimum atomic E-state index is 0.463. The summed E-state index contributed by atoms with van der Waals surface area (Å²) in [6.07, 6.45) is 3.95. The molecule has 1 aliphatic rings. The molecular formula is C17H27NO2. The lowest BCUT2D eigenvalue weighted by molar-refractivity contribution is 0.172. The summed E-state index contributed by atoms with van der Waals surface area (Å²) in [5.41, 5.74) is 1.18. The van der Waals surface area contributed by atoms with E-state index in [-0.39, 0.29) is 0 Å². The SMILES string of the molecule is CCOc1cccc(CNC(C)C)c1OCC1CCC1. The van der Waals surface area contributed by atoms with Crippen LogP contribution in [0.5, 0.6) is 11.5 Å². The lowest BCUT2D eigenvalue weighted by Crippen LogP contribution is -2.23. The molecule has 1 N–H and O–H groups in total. The number of benzene rings is 1. The Morgan fingerprint density at radius 3 is 2.65 bits per heavy atom. The van der Waals surface area contributed by atoms with Crippen LogP contribution in [0, 0.1) is 5.92 Å². The summed E-state index contributed by atoms with van der Waals surface area (Å²) in [4.78, 5) is 0. The minimum absolute atomic E-state index is 0.463. The quantitative estimate of drug-likeness (QED) is 0.784. The van der Waals surface area contributed by atoms with Gasteiger partial charge in [0.2, 0.25) is 0 Å². The summed E-state index contributed by atoms with van der Waals surface area (Å²) in [5, 5.41) is 3.45. The zero-order chi connectivity index (χ0) is 14.4. The molecule has 1 fully saturated rings. The van der Waals surface area contributed by atoms with Crippen molar-refractivity contribution >= 4 is 0 Å². The molecule has 0 radical (unpaired) electrons. The minimum Gasteiger partial charge on any atom is -0.490 e. The Bertz CT molecular complexity index is 413. The second-order valence-electron chi connectivity index (χ2n) is 5.82. The van der Waals surface area contributed by atoms with Crippen molar-refractivity contribution < 1.29 is 9.47 Å². The summed E-state index contributed by atoms with van der Waals surface area (Å²) in [6.45, 7) is 8.62. The van der Waals surface area contributed by atoms with E-state index in [0.29, 0.717) is 12.6 Å². The van der Waals surface area contributed by atoms with E-state index < -0.39 is 0 Å². The molecule has 0 amide bonds. The monoisotopic (exact) mass is 277 g/mol. The molecule has 0 aliphatic heterocycles. The molecule has 0 aromatic heterocycles. The number of rotatable bonds is 8. The molecule has 3 heteroatoms. The third-order valence-corrected chi connectivity index (χ3v) is 3.75. The van der Waals surface area contributed by atoms with E-state index in [1.165, 1.54) is 24.8 Å². The number of ether oxygens (including phenoxy) is 2. The van der Waals surface area contributed by atoms with Gasteiger partial charge >= 0.3 is 0 Å². The highest BCUT2D eigenvalue weighted by Gasteiger charge is 2.20. The van der Waals surface area contributed by atoms with Gasteiger partial charge in [0.25, 0.3) is 0 Å². The zero-order valence-electron chi connectivity index (χ0n) is 12.9. The van der Waals surface area contributed by atoms with Crippen molar-refractivity contribution in [3.63, 3.8) is 0 Å². The molecule has 1 aromatic carbocycles. The van der Waals surface area contributed by atoms with Crippen LogP contribution in [0.1, 0.15) is 45.6 Å². The Kier molecular flexibility index (Phi) is 5.72. The van der Waals surface area contributed by atoms with Crippen molar-refractivity contribution in [3.05, 3.63) is 23.8 Å². The largest absolute Gasteiger partial charge is 0.490 e. The number of hydrogen-bond acceptors (Lipinski definition) is 3. The summed E-state index contributed by atoms with van der Waals surface area (Å²) in [5.74, 6) is 2.53.